The molecule has 9 rings (SSSR count). The van der Waals surface area contributed by atoms with Crippen LogP contribution in [0.1, 0.15) is 77.0 Å². The molecule has 7 nitrogen and oxygen atoms in total. The molecular weight excluding hydrogens is 701 g/mol. The zero-order valence-electron chi connectivity index (χ0n) is 33.7. The van der Waals surface area contributed by atoms with Gasteiger partial charge in [0, 0.05) is 58.4 Å². The molecule has 8 aromatic rings. The predicted molar refractivity (Wildman–Crippen MR) is 235 cm³/mol. The molecule has 57 heavy (non-hydrogen) atoms. The fourth-order valence-electron chi connectivity index (χ4n) is 8.16. The predicted octanol–water partition coefficient (Wildman–Crippen LogP) is 13.2. The SMILES string of the molecule is CC(C)c1cc(-c2ccccn2)cc(C(C)C)c1N1CN(c2cccc(Oc3ccc4c5ccccc5n(-c5cc(C(C)(C)C)ccn5)c4c3)c2)c2ncccc21. The van der Waals surface area contributed by atoms with Crippen LogP contribution in [-0.4, -0.2) is 26.2 Å². The Hall–Kier alpha value is -6.47. The van der Waals surface area contributed by atoms with Gasteiger partial charge in [-0.3, -0.25) is 9.55 Å². The quantitative estimate of drug-likeness (QED) is 0.154. The van der Waals surface area contributed by atoms with E-state index in [1.807, 2.05) is 36.8 Å². The molecule has 0 amide bonds. The molecule has 0 N–H and O–H groups in total. The van der Waals surface area contributed by atoms with Crippen molar-refractivity contribution in [2.75, 3.05) is 16.5 Å². The monoisotopic (exact) mass is 748 g/mol. The third kappa shape index (κ3) is 6.57. The number of hydrogen-bond acceptors (Lipinski definition) is 6. The van der Waals surface area contributed by atoms with E-state index in [2.05, 4.69) is 166 Å². The number of rotatable bonds is 8. The molecule has 7 heteroatoms. The molecule has 0 saturated carbocycles. The molecule has 284 valence electrons. The van der Waals surface area contributed by atoms with Crippen LogP contribution in [0.5, 0.6) is 11.5 Å². The van der Waals surface area contributed by atoms with Gasteiger partial charge >= 0.3 is 0 Å². The molecule has 0 bridgehead atoms. The van der Waals surface area contributed by atoms with Crippen LogP contribution in [-0.2, 0) is 5.41 Å². The van der Waals surface area contributed by atoms with Crippen molar-refractivity contribution >= 4 is 44.7 Å². The van der Waals surface area contributed by atoms with E-state index < -0.39 is 0 Å². The number of benzene rings is 4. The van der Waals surface area contributed by atoms with Gasteiger partial charge < -0.3 is 14.5 Å². The van der Waals surface area contributed by atoms with Gasteiger partial charge in [-0.05, 0) is 113 Å². The van der Waals surface area contributed by atoms with Gasteiger partial charge in [-0.2, -0.15) is 0 Å². The number of hydrogen-bond donors (Lipinski definition) is 0. The maximum atomic E-state index is 6.71. The molecule has 0 radical (unpaired) electrons. The van der Waals surface area contributed by atoms with E-state index in [0.717, 1.165) is 62.2 Å². The second kappa shape index (κ2) is 14.2. The van der Waals surface area contributed by atoms with Gasteiger partial charge in [-0.1, -0.05) is 78.8 Å². The van der Waals surface area contributed by atoms with Crippen LogP contribution in [0.4, 0.5) is 22.9 Å². The third-order valence-electron chi connectivity index (χ3n) is 11.1. The van der Waals surface area contributed by atoms with Crippen LogP contribution < -0.4 is 14.5 Å². The fraction of sp³-hybridized carbons (Fsp3) is 0.220. The zero-order chi connectivity index (χ0) is 39.4. The average molecular weight is 749 g/mol. The Morgan fingerprint density at radius 2 is 1.33 bits per heavy atom. The Morgan fingerprint density at radius 3 is 2.09 bits per heavy atom. The summed E-state index contributed by atoms with van der Waals surface area (Å²) in [7, 11) is 0. The molecule has 0 spiro atoms. The molecule has 0 aliphatic carbocycles. The van der Waals surface area contributed by atoms with Crippen molar-refractivity contribution in [3.63, 3.8) is 0 Å². The summed E-state index contributed by atoms with van der Waals surface area (Å²) in [6.07, 6.45) is 5.67. The Bertz CT molecular complexity index is 2730. The highest BCUT2D eigenvalue weighted by Crippen LogP contribution is 2.49. The largest absolute Gasteiger partial charge is 0.457 e. The summed E-state index contributed by atoms with van der Waals surface area (Å²) in [5.74, 6) is 3.91. The van der Waals surface area contributed by atoms with Gasteiger partial charge in [-0.15, -0.1) is 0 Å². The highest BCUT2D eigenvalue weighted by Gasteiger charge is 2.33. The number of nitrogens with zero attached hydrogens (tertiary/aromatic N) is 6. The lowest BCUT2D eigenvalue weighted by molar-refractivity contribution is 0.483. The first kappa shape index (κ1) is 36.2. The molecule has 0 fully saturated rings. The second-order valence-electron chi connectivity index (χ2n) is 16.7. The van der Waals surface area contributed by atoms with Crippen LogP contribution >= 0.6 is 0 Å². The lowest BCUT2D eigenvalue weighted by Gasteiger charge is -2.30. The topological polar surface area (TPSA) is 59.3 Å². The molecule has 0 saturated heterocycles. The smallest absolute Gasteiger partial charge is 0.158 e. The van der Waals surface area contributed by atoms with Crippen molar-refractivity contribution in [1.29, 1.82) is 0 Å². The summed E-state index contributed by atoms with van der Waals surface area (Å²) >= 11 is 0. The minimum absolute atomic E-state index is 0.00369. The first-order valence-corrected chi connectivity index (χ1v) is 19.9. The van der Waals surface area contributed by atoms with Crippen LogP contribution in [0, 0.1) is 0 Å². The normalized spacial score (nSPS) is 13.0. The van der Waals surface area contributed by atoms with E-state index >= 15 is 0 Å². The molecule has 1 aliphatic rings. The van der Waals surface area contributed by atoms with Crippen molar-refractivity contribution in [3.8, 4) is 28.6 Å². The first-order chi connectivity index (χ1) is 27.5. The van der Waals surface area contributed by atoms with Crippen molar-refractivity contribution in [2.24, 2.45) is 0 Å². The van der Waals surface area contributed by atoms with Gasteiger partial charge in [0.15, 0.2) is 5.82 Å². The van der Waals surface area contributed by atoms with Gasteiger partial charge in [0.2, 0.25) is 0 Å². The van der Waals surface area contributed by atoms with E-state index in [-0.39, 0.29) is 5.41 Å². The van der Waals surface area contributed by atoms with Crippen molar-refractivity contribution in [1.82, 2.24) is 19.5 Å². The Kier molecular flexibility index (Phi) is 9.04. The first-order valence-electron chi connectivity index (χ1n) is 19.9. The lowest BCUT2D eigenvalue weighted by Crippen LogP contribution is -2.26. The van der Waals surface area contributed by atoms with Gasteiger partial charge in [0.05, 0.1) is 22.4 Å². The molecule has 4 aromatic carbocycles. The Morgan fingerprint density at radius 1 is 0.596 bits per heavy atom. The minimum Gasteiger partial charge on any atom is -0.457 e. The second-order valence-corrected chi connectivity index (χ2v) is 16.7. The zero-order valence-corrected chi connectivity index (χ0v) is 33.7. The van der Waals surface area contributed by atoms with Gasteiger partial charge in [-0.25, -0.2) is 9.97 Å². The van der Waals surface area contributed by atoms with Crippen LogP contribution in [0.15, 0.2) is 140 Å². The summed E-state index contributed by atoms with van der Waals surface area (Å²) in [5, 5.41) is 2.34. The highest BCUT2D eigenvalue weighted by atomic mass is 16.5. The van der Waals surface area contributed by atoms with E-state index in [1.54, 1.807) is 0 Å². The number of pyridine rings is 3. The summed E-state index contributed by atoms with van der Waals surface area (Å²) < 4.78 is 8.96. The van der Waals surface area contributed by atoms with Crippen LogP contribution in [0.3, 0.4) is 0 Å². The maximum Gasteiger partial charge on any atom is 0.158 e. The summed E-state index contributed by atoms with van der Waals surface area (Å²) in [6, 6.07) is 42.5. The van der Waals surface area contributed by atoms with E-state index in [1.165, 1.54) is 27.8 Å². The Labute approximate surface area is 335 Å². The summed E-state index contributed by atoms with van der Waals surface area (Å²) in [4.78, 5) is 19.3. The summed E-state index contributed by atoms with van der Waals surface area (Å²) in [6.45, 7) is 16.4. The maximum absolute atomic E-state index is 6.71. The molecule has 5 heterocycles. The number of anilines is 4. The molecule has 1 aliphatic heterocycles. The molecule has 4 aromatic heterocycles. The molecule has 0 unspecified atom stereocenters. The standard InChI is InChI=1S/C50H48N6O/c1-32(2)41-26-34(43-17-10-11-23-51-43)27-42(33(3)4)48(41)55-31-54(49-45(55)19-13-24-53-49)36-14-12-15-37(29-36)57-38-20-21-40-39-16-8-9-18-44(39)56(46(40)30-38)47-28-35(22-25-52-47)50(5,6)7/h8-30,32-33H,31H2,1-7H3. The van der Waals surface area contributed by atoms with E-state index in [4.69, 9.17) is 19.7 Å². The number of para-hydroxylation sites is 1. The third-order valence-corrected chi connectivity index (χ3v) is 11.1. The number of ether oxygens (including phenoxy) is 1. The fourth-order valence-corrected chi connectivity index (χ4v) is 8.16. The van der Waals surface area contributed by atoms with Crippen molar-refractivity contribution in [2.45, 2.75) is 65.7 Å². The highest BCUT2D eigenvalue weighted by molar-refractivity contribution is 6.09. The van der Waals surface area contributed by atoms with E-state index in [9.17, 15) is 0 Å². The van der Waals surface area contributed by atoms with E-state index in [0.29, 0.717) is 18.5 Å². The number of fused-ring (bicyclic) bond motifs is 4. The number of aromatic nitrogens is 4. The van der Waals surface area contributed by atoms with Crippen molar-refractivity contribution < 1.29 is 4.74 Å². The average Bonchev–Trinajstić information content (AvgIpc) is 3.76. The molecular formula is C50H48N6O. The van der Waals surface area contributed by atoms with Crippen LogP contribution in [0.25, 0.3) is 38.9 Å². The minimum atomic E-state index is -0.00369. The van der Waals surface area contributed by atoms with Gasteiger partial charge in [0.1, 0.15) is 24.0 Å². The Balaban J connectivity index is 1.09. The summed E-state index contributed by atoms with van der Waals surface area (Å²) in [5.41, 5.74) is 11.5. The molecule has 0 atom stereocenters. The van der Waals surface area contributed by atoms with Crippen LogP contribution in [0.2, 0.25) is 0 Å². The van der Waals surface area contributed by atoms with Crippen molar-refractivity contribution in [3.05, 3.63) is 157 Å². The van der Waals surface area contributed by atoms with Gasteiger partial charge in [0.25, 0.3) is 0 Å². The lowest BCUT2D eigenvalue weighted by atomic mass is 9.88.